The van der Waals surface area contributed by atoms with Gasteiger partial charge in [-0.15, -0.1) is 0 Å². The third-order valence-corrected chi connectivity index (χ3v) is 1.85. The molecule has 1 rings (SSSR count). The van der Waals surface area contributed by atoms with Crippen LogP contribution < -0.4 is 5.73 Å². The number of carbonyl (C=O) groups is 1. The number of nitrogens with zero attached hydrogens (tertiary/aromatic N) is 1. The fourth-order valence-corrected chi connectivity index (χ4v) is 1.33. The van der Waals surface area contributed by atoms with Crippen LogP contribution in [-0.4, -0.2) is 11.1 Å². The molecule has 0 fully saturated rings. The molecule has 4 heteroatoms. The van der Waals surface area contributed by atoms with Crippen molar-refractivity contribution in [2.24, 2.45) is 0 Å². The molecule has 0 aliphatic heterocycles. The first-order valence-electron chi connectivity index (χ1n) is 4.05. The summed E-state index contributed by atoms with van der Waals surface area (Å²) in [7, 11) is 0. The monoisotopic (exact) mass is 190 g/mol. The molecule has 14 heavy (non-hydrogen) atoms. The van der Waals surface area contributed by atoms with E-state index in [1.54, 1.807) is 12.1 Å². The first-order chi connectivity index (χ1) is 6.54. The lowest BCUT2D eigenvalue weighted by Gasteiger charge is -2.05. The first kappa shape index (κ1) is 10.1. The first-order valence-corrected chi connectivity index (χ1v) is 4.05. The molecule has 0 saturated carbocycles. The van der Waals surface area contributed by atoms with E-state index in [-0.39, 0.29) is 12.0 Å². The standard InChI is InChI=1S/C10H10N2O2/c1-6-2-7(4-10(13)14)8(5-11)9(12)3-6/h2-3H,4,12H2,1H3,(H,13,14). The quantitative estimate of drug-likeness (QED) is 0.683. The zero-order valence-electron chi connectivity index (χ0n) is 7.74. The van der Waals surface area contributed by atoms with E-state index in [2.05, 4.69) is 0 Å². The van der Waals surface area contributed by atoms with Crippen molar-refractivity contribution in [2.45, 2.75) is 13.3 Å². The van der Waals surface area contributed by atoms with Crippen molar-refractivity contribution >= 4 is 11.7 Å². The van der Waals surface area contributed by atoms with E-state index >= 15 is 0 Å². The average molecular weight is 190 g/mol. The van der Waals surface area contributed by atoms with Gasteiger partial charge in [0.2, 0.25) is 0 Å². The molecule has 0 unspecified atom stereocenters. The van der Waals surface area contributed by atoms with Crippen LogP contribution in [0, 0.1) is 18.3 Å². The fourth-order valence-electron chi connectivity index (χ4n) is 1.33. The van der Waals surface area contributed by atoms with Crippen molar-refractivity contribution in [3.05, 3.63) is 28.8 Å². The number of nitriles is 1. The van der Waals surface area contributed by atoms with Gasteiger partial charge in [0.15, 0.2) is 0 Å². The normalized spacial score (nSPS) is 9.43. The Kier molecular flexibility index (Phi) is 2.73. The molecule has 0 bridgehead atoms. The minimum absolute atomic E-state index is 0.172. The maximum Gasteiger partial charge on any atom is 0.307 e. The number of anilines is 1. The number of nitrogen functional groups attached to an aromatic ring is 1. The number of carboxylic acid groups (broad SMARTS) is 1. The van der Waals surface area contributed by atoms with Crippen LogP contribution in [-0.2, 0) is 11.2 Å². The van der Waals surface area contributed by atoms with Gasteiger partial charge in [0.05, 0.1) is 12.0 Å². The lowest BCUT2D eigenvalue weighted by Crippen LogP contribution is -2.05. The van der Waals surface area contributed by atoms with Crippen LogP contribution in [0.3, 0.4) is 0 Å². The Hall–Kier alpha value is -2.02. The summed E-state index contributed by atoms with van der Waals surface area (Å²) in [5.41, 5.74) is 7.52. The van der Waals surface area contributed by atoms with E-state index < -0.39 is 5.97 Å². The molecule has 1 aromatic rings. The second kappa shape index (κ2) is 3.79. The number of benzene rings is 1. The van der Waals surface area contributed by atoms with Crippen molar-refractivity contribution in [3.8, 4) is 6.07 Å². The smallest absolute Gasteiger partial charge is 0.307 e. The van der Waals surface area contributed by atoms with Crippen LogP contribution in [0.2, 0.25) is 0 Å². The highest BCUT2D eigenvalue weighted by molar-refractivity contribution is 5.73. The Morgan fingerprint density at radius 1 is 1.64 bits per heavy atom. The average Bonchev–Trinajstić information content (AvgIpc) is 2.01. The van der Waals surface area contributed by atoms with Gasteiger partial charge in [0.1, 0.15) is 6.07 Å². The third kappa shape index (κ3) is 2.02. The summed E-state index contributed by atoms with van der Waals surface area (Å²) in [6, 6.07) is 5.23. The molecule has 0 aliphatic carbocycles. The summed E-state index contributed by atoms with van der Waals surface area (Å²) in [4.78, 5) is 10.5. The number of aryl methyl sites for hydroxylation is 1. The van der Waals surface area contributed by atoms with E-state index in [9.17, 15) is 4.79 Å². The second-order valence-corrected chi connectivity index (χ2v) is 3.07. The Morgan fingerprint density at radius 2 is 2.29 bits per heavy atom. The highest BCUT2D eigenvalue weighted by Crippen LogP contribution is 2.19. The van der Waals surface area contributed by atoms with E-state index in [4.69, 9.17) is 16.1 Å². The molecule has 0 amide bonds. The van der Waals surface area contributed by atoms with Crippen molar-refractivity contribution in [2.75, 3.05) is 5.73 Å². The summed E-state index contributed by atoms with van der Waals surface area (Å²) in [6.07, 6.45) is -0.172. The summed E-state index contributed by atoms with van der Waals surface area (Å²) in [6.45, 7) is 1.81. The van der Waals surface area contributed by atoms with Gasteiger partial charge in [0, 0.05) is 5.69 Å². The molecule has 0 aliphatic rings. The van der Waals surface area contributed by atoms with Gasteiger partial charge in [0.25, 0.3) is 0 Å². The van der Waals surface area contributed by atoms with Gasteiger partial charge in [-0.1, -0.05) is 6.07 Å². The number of aliphatic carboxylic acids is 1. The van der Waals surface area contributed by atoms with Gasteiger partial charge in [-0.05, 0) is 24.1 Å². The zero-order chi connectivity index (χ0) is 10.7. The summed E-state index contributed by atoms with van der Waals surface area (Å²) < 4.78 is 0. The van der Waals surface area contributed by atoms with Gasteiger partial charge in [-0.25, -0.2) is 0 Å². The predicted molar refractivity (Wildman–Crippen MR) is 51.6 cm³/mol. The molecule has 0 spiro atoms. The molecule has 3 N–H and O–H groups in total. The topological polar surface area (TPSA) is 87.1 Å². The van der Waals surface area contributed by atoms with Crippen LogP contribution in [0.25, 0.3) is 0 Å². The molecule has 1 aromatic carbocycles. The Bertz CT molecular complexity index is 419. The number of carboxylic acids is 1. The van der Waals surface area contributed by atoms with Crippen LogP contribution >= 0.6 is 0 Å². The number of nitrogens with two attached hydrogens (primary N) is 1. The highest BCUT2D eigenvalue weighted by Gasteiger charge is 2.10. The molecular weight excluding hydrogens is 180 g/mol. The molecule has 4 nitrogen and oxygen atoms in total. The SMILES string of the molecule is Cc1cc(N)c(C#N)c(CC(=O)O)c1. The van der Waals surface area contributed by atoms with Crippen molar-refractivity contribution in [3.63, 3.8) is 0 Å². The van der Waals surface area contributed by atoms with Gasteiger partial charge in [-0.3, -0.25) is 4.79 Å². The maximum atomic E-state index is 10.5. The molecule has 0 saturated heterocycles. The minimum atomic E-state index is -0.966. The van der Waals surface area contributed by atoms with E-state index in [0.717, 1.165) is 5.56 Å². The van der Waals surface area contributed by atoms with Crippen LogP contribution in [0.15, 0.2) is 12.1 Å². The van der Waals surface area contributed by atoms with Crippen LogP contribution in [0.4, 0.5) is 5.69 Å². The van der Waals surface area contributed by atoms with Crippen LogP contribution in [0.1, 0.15) is 16.7 Å². The van der Waals surface area contributed by atoms with Crippen molar-refractivity contribution in [1.82, 2.24) is 0 Å². The van der Waals surface area contributed by atoms with Crippen molar-refractivity contribution < 1.29 is 9.90 Å². The molecule has 72 valence electrons. The fraction of sp³-hybridized carbons (Fsp3) is 0.200. The lowest BCUT2D eigenvalue weighted by molar-refractivity contribution is -0.136. The maximum absolute atomic E-state index is 10.5. The number of hydrogen-bond donors (Lipinski definition) is 2. The van der Waals surface area contributed by atoms with Gasteiger partial charge >= 0.3 is 5.97 Å². The van der Waals surface area contributed by atoms with Gasteiger partial charge < -0.3 is 10.8 Å². The lowest BCUT2D eigenvalue weighted by atomic mass is 10.0. The molecular formula is C10H10N2O2. The number of rotatable bonds is 2. The Labute approximate surface area is 81.6 Å². The summed E-state index contributed by atoms with van der Waals surface area (Å²) in [5, 5.41) is 17.4. The minimum Gasteiger partial charge on any atom is -0.481 e. The Balaban J connectivity index is 3.26. The van der Waals surface area contributed by atoms with E-state index in [1.807, 2.05) is 13.0 Å². The Morgan fingerprint density at radius 3 is 2.79 bits per heavy atom. The van der Waals surface area contributed by atoms with E-state index in [0.29, 0.717) is 11.3 Å². The second-order valence-electron chi connectivity index (χ2n) is 3.07. The molecule has 0 aromatic heterocycles. The van der Waals surface area contributed by atoms with Crippen LogP contribution in [0.5, 0.6) is 0 Å². The summed E-state index contributed by atoms with van der Waals surface area (Å²) in [5.74, 6) is -0.966. The molecule has 0 radical (unpaired) electrons. The van der Waals surface area contributed by atoms with Gasteiger partial charge in [-0.2, -0.15) is 5.26 Å². The predicted octanol–water partition coefficient (Wildman–Crippen LogP) is 1.08. The largest absolute Gasteiger partial charge is 0.481 e. The molecule has 0 heterocycles. The highest BCUT2D eigenvalue weighted by atomic mass is 16.4. The summed E-state index contributed by atoms with van der Waals surface area (Å²) >= 11 is 0. The third-order valence-electron chi connectivity index (χ3n) is 1.85. The van der Waals surface area contributed by atoms with Crippen molar-refractivity contribution in [1.29, 1.82) is 5.26 Å². The zero-order valence-corrected chi connectivity index (χ0v) is 7.74. The molecule has 0 atom stereocenters. The number of hydrogen-bond acceptors (Lipinski definition) is 3. The van der Waals surface area contributed by atoms with E-state index in [1.165, 1.54) is 0 Å².